The summed E-state index contributed by atoms with van der Waals surface area (Å²) in [5.41, 5.74) is 3.40. The molecule has 0 saturated carbocycles. The number of nitrogen functional groups attached to an aromatic ring is 1. The quantitative estimate of drug-likeness (QED) is 0.493. The minimum absolute atomic E-state index is 0.160. The third kappa shape index (κ3) is 1.69. The lowest BCUT2D eigenvalue weighted by Crippen LogP contribution is -2.12. The van der Waals surface area contributed by atoms with Crippen LogP contribution in [0.25, 0.3) is 10.9 Å². The van der Waals surface area contributed by atoms with Crippen LogP contribution >= 0.6 is 0 Å². The molecule has 2 aromatic rings. The molecule has 1 aromatic carbocycles. The summed E-state index contributed by atoms with van der Waals surface area (Å²) >= 11 is 0. The monoisotopic (exact) mass is 255 g/mol. The molecule has 0 aliphatic heterocycles. The molecule has 0 amide bonds. The van der Waals surface area contributed by atoms with Crippen molar-refractivity contribution in [3.63, 3.8) is 0 Å². The maximum absolute atomic E-state index is 13.8. The van der Waals surface area contributed by atoms with Gasteiger partial charge in [0.1, 0.15) is 5.52 Å². The van der Waals surface area contributed by atoms with E-state index in [-0.39, 0.29) is 16.6 Å². The van der Waals surface area contributed by atoms with Gasteiger partial charge in [0, 0.05) is 11.8 Å². The first-order chi connectivity index (χ1) is 8.51. The van der Waals surface area contributed by atoms with Crippen LogP contribution in [0, 0.1) is 24.4 Å². The fourth-order valence-corrected chi connectivity index (χ4v) is 2.00. The van der Waals surface area contributed by atoms with E-state index in [0.717, 1.165) is 0 Å². The highest BCUT2D eigenvalue weighted by Gasteiger charge is 2.20. The van der Waals surface area contributed by atoms with Crippen molar-refractivity contribution in [1.29, 1.82) is 0 Å². The maximum Gasteiger partial charge on any atom is 0.170 e. The molecule has 0 bridgehead atoms. The van der Waals surface area contributed by atoms with Crippen LogP contribution in [0.5, 0.6) is 0 Å². The van der Waals surface area contributed by atoms with E-state index in [1.807, 2.05) is 6.92 Å². The number of rotatable bonds is 2. The Hall–Kier alpha value is -1.82. The Labute approximate surface area is 102 Å². The zero-order valence-corrected chi connectivity index (χ0v) is 9.94. The average molecular weight is 255 g/mol. The lowest BCUT2D eigenvalue weighted by atomic mass is 10.0. The summed E-state index contributed by atoms with van der Waals surface area (Å²) in [4.78, 5) is 4.03. The summed E-state index contributed by atoms with van der Waals surface area (Å²) in [6.45, 7) is 3.50. The second-order valence-corrected chi connectivity index (χ2v) is 3.93. The molecule has 0 unspecified atom stereocenters. The van der Waals surface area contributed by atoms with E-state index in [2.05, 4.69) is 10.4 Å². The standard InChI is InChI=1S/C12H12F3N3/c1-3-8-5(2)11(18-16)9-10(15)6(13)4-7(14)12(9)17-8/h4H,3,16H2,1-2H3,(H,17,18). The first-order valence-electron chi connectivity index (χ1n) is 5.44. The van der Waals surface area contributed by atoms with Gasteiger partial charge in [-0.15, -0.1) is 0 Å². The van der Waals surface area contributed by atoms with Gasteiger partial charge in [0.15, 0.2) is 17.5 Å². The first kappa shape index (κ1) is 12.6. The number of nitrogens with two attached hydrogens (primary N) is 1. The smallest absolute Gasteiger partial charge is 0.170 e. The highest BCUT2D eigenvalue weighted by Crippen LogP contribution is 2.32. The summed E-state index contributed by atoms with van der Waals surface area (Å²) < 4.78 is 40.6. The normalized spacial score (nSPS) is 11.0. The number of nitrogens with one attached hydrogen (secondary N) is 1. The number of pyridine rings is 1. The highest BCUT2D eigenvalue weighted by molar-refractivity contribution is 5.94. The minimum Gasteiger partial charge on any atom is -0.323 e. The molecule has 96 valence electrons. The Bertz CT molecular complexity index is 626. The number of aromatic nitrogens is 1. The Morgan fingerprint density at radius 1 is 1.28 bits per heavy atom. The lowest BCUT2D eigenvalue weighted by Gasteiger charge is -2.14. The molecule has 0 radical (unpaired) electrons. The van der Waals surface area contributed by atoms with E-state index >= 15 is 0 Å². The van der Waals surface area contributed by atoms with Crippen LogP contribution in [0.15, 0.2) is 6.07 Å². The van der Waals surface area contributed by atoms with Gasteiger partial charge in [-0.2, -0.15) is 0 Å². The second kappa shape index (κ2) is 4.45. The van der Waals surface area contributed by atoms with Gasteiger partial charge in [0.25, 0.3) is 0 Å². The number of hydrogen-bond donors (Lipinski definition) is 2. The molecule has 2 rings (SSSR count). The van der Waals surface area contributed by atoms with Gasteiger partial charge >= 0.3 is 0 Å². The molecular weight excluding hydrogens is 243 g/mol. The van der Waals surface area contributed by atoms with Crippen molar-refractivity contribution < 1.29 is 13.2 Å². The maximum atomic E-state index is 13.8. The van der Waals surface area contributed by atoms with Gasteiger partial charge in [0.05, 0.1) is 11.1 Å². The van der Waals surface area contributed by atoms with Crippen LogP contribution in [0.4, 0.5) is 18.9 Å². The predicted molar refractivity (Wildman–Crippen MR) is 63.5 cm³/mol. The fourth-order valence-electron chi connectivity index (χ4n) is 2.00. The van der Waals surface area contributed by atoms with Gasteiger partial charge in [-0.05, 0) is 18.9 Å². The van der Waals surface area contributed by atoms with E-state index < -0.39 is 17.5 Å². The molecule has 0 spiro atoms. The molecule has 1 heterocycles. The summed E-state index contributed by atoms with van der Waals surface area (Å²) in [7, 11) is 0. The van der Waals surface area contributed by atoms with Crippen LogP contribution in [-0.4, -0.2) is 4.98 Å². The van der Waals surface area contributed by atoms with Crippen LogP contribution < -0.4 is 11.3 Å². The van der Waals surface area contributed by atoms with Crippen molar-refractivity contribution in [3.8, 4) is 0 Å². The first-order valence-corrected chi connectivity index (χ1v) is 5.44. The fraction of sp³-hybridized carbons (Fsp3) is 0.250. The Balaban J connectivity index is 3.02. The summed E-state index contributed by atoms with van der Waals surface area (Å²) in [6.07, 6.45) is 0.537. The highest BCUT2D eigenvalue weighted by atomic mass is 19.2. The Morgan fingerprint density at radius 2 is 1.94 bits per heavy atom. The minimum atomic E-state index is -1.26. The molecule has 6 heteroatoms. The molecule has 3 N–H and O–H groups in total. The van der Waals surface area contributed by atoms with Gasteiger partial charge < -0.3 is 5.43 Å². The molecule has 0 atom stereocenters. The topological polar surface area (TPSA) is 50.9 Å². The molecule has 0 aliphatic rings. The van der Waals surface area contributed by atoms with E-state index in [4.69, 9.17) is 5.84 Å². The predicted octanol–water partition coefficient (Wildman–Crippen LogP) is 2.81. The number of anilines is 1. The second-order valence-electron chi connectivity index (χ2n) is 3.93. The molecule has 1 aromatic heterocycles. The number of halogens is 3. The largest absolute Gasteiger partial charge is 0.323 e. The zero-order valence-electron chi connectivity index (χ0n) is 9.94. The van der Waals surface area contributed by atoms with Gasteiger partial charge in [0.2, 0.25) is 0 Å². The average Bonchev–Trinajstić information content (AvgIpc) is 2.35. The van der Waals surface area contributed by atoms with Crippen molar-refractivity contribution in [1.82, 2.24) is 4.98 Å². The molecule has 0 saturated heterocycles. The van der Waals surface area contributed by atoms with Crippen LogP contribution in [-0.2, 0) is 6.42 Å². The van der Waals surface area contributed by atoms with Crippen molar-refractivity contribution in [2.75, 3.05) is 5.43 Å². The zero-order chi connectivity index (χ0) is 13.4. The summed E-state index contributed by atoms with van der Waals surface area (Å²) in [5, 5.41) is -0.260. The van der Waals surface area contributed by atoms with Gasteiger partial charge in [-0.3, -0.25) is 5.84 Å². The molecule has 18 heavy (non-hydrogen) atoms. The number of aryl methyl sites for hydroxylation is 1. The Morgan fingerprint density at radius 3 is 2.50 bits per heavy atom. The van der Waals surface area contributed by atoms with Gasteiger partial charge in [-0.1, -0.05) is 6.92 Å². The number of hydrogen-bond acceptors (Lipinski definition) is 3. The molecule has 0 aliphatic carbocycles. The van der Waals surface area contributed by atoms with Crippen LogP contribution in [0.1, 0.15) is 18.2 Å². The van der Waals surface area contributed by atoms with E-state index in [9.17, 15) is 13.2 Å². The molecule has 0 fully saturated rings. The van der Waals surface area contributed by atoms with E-state index in [1.165, 1.54) is 0 Å². The van der Waals surface area contributed by atoms with Crippen molar-refractivity contribution >= 4 is 16.6 Å². The third-order valence-electron chi connectivity index (χ3n) is 2.93. The van der Waals surface area contributed by atoms with E-state index in [1.54, 1.807) is 6.92 Å². The van der Waals surface area contributed by atoms with Crippen molar-refractivity contribution in [2.24, 2.45) is 5.84 Å². The molecular formula is C12H12F3N3. The van der Waals surface area contributed by atoms with E-state index in [0.29, 0.717) is 23.7 Å². The van der Waals surface area contributed by atoms with Crippen LogP contribution in [0.2, 0.25) is 0 Å². The number of fused-ring (bicyclic) bond motifs is 1. The number of hydrazine groups is 1. The number of benzene rings is 1. The van der Waals surface area contributed by atoms with Crippen molar-refractivity contribution in [3.05, 3.63) is 34.8 Å². The Kier molecular flexibility index (Phi) is 3.13. The molecule has 3 nitrogen and oxygen atoms in total. The summed E-state index contributed by atoms with van der Waals surface area (Å²) in [6, 6.07) is 0.486. The van der Waals surface area contributed by atoms with Crippen molar-refractivity contribution in [2.45, 2.75) is 20.3 Å². The van der Waals surface area contributed by atoms with Crippen LogP contribution in [0.3, 0.4) is 0 Å². The number of nitrogens with zero attached hydrogens (tertiary/aromatic N) is 1. The third-order valence-corrected chi connectivity index (χ3v) is 2.93. The lowest BCUT2D eigenvalue weighted by molar-refractivity contribution is 0.505. The summed E-state index contributed by atoms with van der Waals surface area (Å²) in [5.74, 6) is 2.00. The van der Waals surface area contributed by atoms with Gasteiger partial charge in [-0.25, -0.2) is 18.2 Å². The SMILES string of the molecule is CCc1nc2c(F)cc(F)c(F)c2c(NN)c1C.